The van der Waals surface area contributed by atoms with Gasteiger partial charge in [0.05, 0.1) is 0 Å². The van der Waals surface area contributed by atoms with Crippen LogP contribution in [0.25, 0.3) is 0 Å². The maximum absolute atomic E-state index is 2.37. The van der Waals surface area contributed by atoms with Crippen molar-refractivity contribution in [3.05, 3.63) is 0 Å². The molecular formula is C21H39P. The van der Waals surface area contributed by atoms with Gasteiger partial charge in [0.2, 0.25) is 0 Å². The minimum Gasteiger partial charge on any atom is -0.0998 e. The van der Waals surface area contributed by atoms with Crippen molar-refractivity contribution < 1.29 is 0 Å². The maximum atomic E-state index is 2.37. The first-order chi connectivity index (χ1) is 10.9. The third-order valence-electron chi connectivity index (χ3n) is 7.02. The van der Waals surface area contributed by atoms with Gasteiger partial charge in [-0.05, 0) is 74.3 Å². The van der Waals surface area contributed by atoms with Crippen LogP contribution in [0, 0.1) is 11.8 Å². The Kier molecular flexibility index (Phi) is 7.10. The Balaban J connectivity index is 1.63. The molecule has 1 saturated heterocycles. The van der Waals surface area contributed by atoms with Gasteiger partial charge in [0.1, 0.15) is 0 Å². The average molecular weight is 323 g/mol. The van der Waals surface area contributed by atoms with Crippen molar-refractivity contribution >= 4 is 7.92 Å². The maximum Gasteiger partial charge on any atom is -0.0178 e. The monoisotopic (exact) mass is 322 g/mol. The second kappa shape index (κ2) is 9.05. The summed E-state index contributed by atoms with van der Waals surface area (Å²) in [6.45, 7) is 2.37. The van der Waals surface area contributed by atoms with Crippen LogP contribution in [0.15, 0.2) is 0 Å². The molecule has 22 heavy (non-hydrogen) atoms. The Morgan fingerprint density at radius 2 is 1.14 bits per heavy atom. The van der Waals surface area contributed by atoms with Gasteiger partial charge >= 0.3 is 0 Å². The molecule has 3 rings (SSSR count). The van der Waals surface area contributed by atoms with Crippen LogP contribution in [0.3, 0.4) is 0 Å². The lowest BCUT2D eigenvalue weighted by Crippen LogP contribution is -2.24. The summed E-state index contributed by atoms with van der Waals surface area (Å²) in [6, 6.07) is 0. The van der Waals surface area contributed by atoms with Gasteiger partial charge in [-0.1, -0.05) is 66.2 Å². The summed E-state index contributed by atoms with van der Waals surface area (Å²) in [5.41, 5.74) is 2.39. The zero-order chi connectivity index (χ0) is 15.2. The Bertz CT molecular complexity index is 275. The fraction of sp³-hybridized carbons (Fsp3) is 1.00. The number of hydrogen-bond donors (Lipinski definition) is 0. The van der Waals surface area contributed by atoms with Crippen LogP contribution in [-0.2, 0) is 0 Å². The SMILES string of the molecule is CCCCCP1C(C2CCCCC2)CCC1C1CCCCC1. The minimum atomic E-state index is 0.371. The van der Waals surface area contributed by atoms with E-state index in [1.54, 1.807) is 76.8 Å². The van der Waals surface area contributed by atoms with Gasteiger partial charge in [-0.3, -0.25) is 0 Å². The summed E-state index contributed by atoms with van der Waals surface area (Å²) in [5, 5.41) is 0. The van der Waals surface area contributed by atoms with Gasteiger partial charge in [-0.2, -0.15) is 0 Å². The van der Waals surface area contributed by atoms with E-state index in [9.17, 15) is 0 Å². The summed E-state index contributed by atoms with van der Waals surface area (Å²) in [4.78, 5) is 0. The van der Waals surface area contributed by atoms with Crippen LogP contribution >= 0.6 is 7.92 Å². The smallest absolute Gasteiger partial charge is 0.0178 e. The first-order valence-corrected chi connectivity index (χ1v) is 12.3. The van der Waals surface area contributed by atoms with E-state index in [4.69, 9.17) is 0 Å². The first kappa shape index (κ1) is 17.3. The van der Waals surface area contributed by atoms with E-state index in [2.05, 4.69) is 6.92 Å². The lowest BCUT2D eigenvalue weighted by molar-refractivity contribution is 0.332. The predicted octanol–water partition coefficient (Wildman–Crippen LogP) is 7.35. The molecule has 2 atom stereocenters. The number of rotatable bonds is 6. The zero-order valence-corrected chi connectivity index (χ0v) is 16.0. The topological polar surface area (TPSA) is 0 Å². The van der Waals surface area contributed by atoms with Gasteiger partial charge in [0, 0.05) is 0 Å². The highest BCUT2D eigenvalue weighted by Crippen LogP contribution is 2.63. The van der Waals surface area contributed by atoms with Gasteiger partial charge in [-0.25, -0.2) is 0 Å². The second-order valence-electron chi connectivity index (χ2n) is 8.45. The quantitative estimate of drug-likeness (QED) is 0.354. The highest BCUT2D eigenvalue weighted by Gasteiger charge is 2.42. The summed E-state index contributed by atoms with van der Waals surface area (Å²) in [6.07, 6.45) is 25.0. The summed E-state index contributed by atoms with van der Waals surface area (Å²) < 4.78 is 0. The van der Waals surface area contributed by atoms with Crippen molar-refractivity contribution in [1.29, 1.82) is 0 Å². The molecule has 0 spiro atoms. The number of unbranched alkanes of at least 4 members (excludes halogenated alkanes) is 2. The van der Waals surface area contributed by atoms with Crippen molar-refractivity contribution in [3.63, 3.8) is 0 Å². The van der Waals surface area contributed by atoms with Crippen molar-refractivity contribution in [2.45, 2.75) is 115 Å². The normalized spacial score (nSPS) is 35.0. The Labute approximate surface area is 141 Å². The molecule has 2 saturated carbocycles. The standard InChI is InChI=1S/C21H39P/c1-2-3-10-17-22-20(18-11-6-4-7-12-18)15-16-21(22)19-13-8-5-9-14-19/h18-21H,2-17H2,1H3. The average Bonchev–Trinajstić information content (AvgIpc) is 3.01. The molecule has 3 fully saturated rings. The molecule has 0 bridgehead atoms. The van der Waals surface area contributed by atoms with Gasteiger partial charge in [0.15, 0.2) is 0 Å². The van der Waals surface area contributed by atoms with Gasteiger partial charge < -0.3 is 0 Å². The molecule has 128 valence electrons. The molecule has 2 unspecified atom stereocenters. The largest absolute Gasteiger partial charge is 0.0998 e. The lowest BCUT2D eigenvalue weighted by Gasteiger charge is -2.37. The van der Waals surface area contributed by atoms with E-state index in [1.807, 2.05) is 0 Å². The molecule has 1 aliphatic heterocycles. The third-order valence-corrected chi connectivity index (χ3v) is 10.9. The predicted molar refractivity (Wildman–Crippen MR) is 101 cm³/mol. The molecule has 1 heteroatoms. The van der Waals surface area contributed by atoms with Crippen LogP contribution < -0.4 is 0 Å². The first-order valence-electron chi connectivity index (χ1n) is 10.7. The van der Waals surface area contributed by atoms with Crippen molar-refractivity contribution in [3.8, 4) is 0 Å². The molecule has 0 aromatic rings. The summed E-state index contributed by atoms with van der Waals surface area (Å²) in [7, 11) is 0.371. The van der Waals surface area contributed by atoms with Crippen molar-refractivity contribution in [1.82, 2.24) is 0 Å². The van der Waals surface area contributed by atoms with E-state index in [0.29, 0.717) is 7.92 Å². The third kappa shape index (κ3) is 4.28. The molecule has 3 aliphatic rings. The van der Waals surface area contributed by atoms with Crippen LogP contribution in [-0.4, -0.2) is 17.5 Å². The van der Waals surface area contributed by atoms with Crippen LogP contribution in [0.4, 0.5) is 0 Å². The fourth-order valence-corrected chi connectivity index (χ4v) is 10.2. The van der Waals surface area contributed by atoms with Crippen molar-refractivity contribution in [2.75, 3.05) is 6.16 Å². The number of hydrogen-bond acceptors (Lipinski definition) is 0. The van der Waals surface area contributed by atoms with E-state index in [-0.39, 0.29) is 0 Å². The molecule has 0 radical (unpaired) electrons. The van der Waals surface area contributed by atoms with Gasteiger partial charge in [-0.15, -0.1) is 0 Å². The Morgan fingerprint density at radius 3 is 1.59 bits per heavy atom. The second-order valence-corrected chi connectivity index (χ2v) is 11.3. The minimum absolute atomic E-state index is 0.371. The molecule has 0 amide bonds. The van der Waals surface area contributed by atoms with Crippen LogP contribution in [0.2, 0.25) is 0 Å². The molecule has 2 aliphatic carbocycles. The highest BCUT2D eigenvalue weighted by atomic mass is 31.1. The molecule has 0 N–H and O–H groups in total. The van der Waals surface area contributed by atoms with Crippen molar-refractivity contribution in [2.24, 2.45) is 11.8 Å². The molecular weight excluding hydrogens is 283 g/mol. The molecule has 0 nitrogen and oxygen atoms in total. The summed E-state index contributed by atoms with van der Waals surface area (Å²) in [5.74, 6) is 2.30. The Hall–Kier alpha value is 0.430. The molecule has 0 aromatic carbocycles. The lowest BCUT2D eigenvalue weighted by atomic mass is 9.83. The van der Waals surface area contributed by atoms with E-state index in [0.717, 1.165) is 11.8 Å². The van der Waals surface area contributed by atoms with E-state index >= 15 is 0 Å². The fourth-order valence-electron chi connectivity index (χ4n) is 5.85. The van der Waals surface area contributed by atoms with Crippen LogP contribution in [0.5, 0.6) is 0 Å². The van der Waals surface area contributed by atoms with Gasteiger partial charge in [0.25, 0.3) is 0 Å². The Morgan fingerprint density at radius 1 is 0.636 bits per heavy atom. The van der Waals surface area contributed by atoms with E-state index in [1.165, 1.54) is 37.0 Å². The highest BCUT2D eigenvalue weighted by molar-refractivity contribution is 7.59. The zero-order valence-electron chi connectivity index (χ0n) is 15.1. The molecule has 0 aromatic heterocycles. The van der Waals surface area contributed by atoms with E-state index < -0.39 is 0 Å². The van der Waals surface area contributed by atoms with Crippen LogP contribution in [0.1, 0.15) is 103 Å². The molecule has 1 heterocycles. The summed E-state index contributed by atoms with van der Waals surface area (Å²) >= 11 is 0.